The molecule has 0 saturated carbocycles. The van der Waals surface area contributed by atoms with E-state index < -0.39 is 5.54 Å². The number of benzene rings is 1. The van der Waals surface area contributed by atoms with E-state index in [1.165, 1.54) is 16.2 Å². The Morgan fingerprint density at radius 1 is 1.25 bits per heavy atom. The van der Waals surface area contributed by atoms with Crippen LogP contribution >= 0.6 is 43.2 Å². The summed E-state index contributed by atoms with van der Waals surface area (Å²) in [5.41, 5.74) is -0.194. The summed E-state index contributed by atoms with van der Waals surface area (Å²) < 4.78 is 6.89. The van der Waals surface area contributed by atoms with Gasteiger partial charge in [-0.05, 0) is 68.6 Å². The van der Waals surface area contributed by atoms with Crippen molar-refractivity contribution in [3.8, 4) is 5.75 Å². The third-order valence-electron chi connectivity index (χ3n) is 3.90. The Bertz CT molecular complexity index is 823. The van der Waals surface area contributed by atoms with E-state index in [1.807, 2.05) is 24.3 Å². The average molecular weight is 474 g/mol. The van der Waals surface area contributed by atoms with Gasteiger partial charge in [0.25, 0.3) is 5.91 Å². The van der Waals surface area contributed by atoms with Crippen LogP contribution in [0.2, 0.25) is 0 Å². The van der Waals surface area contributed by atoms with Crippen LogP contribution in [0.5, 0.6) is 5.75 Å². The maximum atomic E-state index is 12.9. The molecular formula is C16H14Br2N2O3S. The second kappa shape index (κ2) is 6.50. The van der Waals surface area contributed by atoms with Crippen molar-refractivity contribution < 1.29 is 14.3 Å². The van der Waals surface area contributed by atoms with Crippen molar-refractivity contribution in [2.24, 2.45) is 0 Å². The van der Waals surface area contributed by atoms with Gasteiger partial charge in [-0.3, -0.25) is 9.69 Å². The first kappa shape index (κ1) is 17.4. The van der Waals surface area contributed by atoms with Crippen molar-refractivity contribution in [3.63, 3.8) is 0 Å². The fourth-order valence-electron chi connectivity index (χ4n) is 2.58. The lowest BCUT2D eigenvalue weighted by molar-refractivity contribution is -0.131. The number of carbonyl (C=O) groups is 2. The lowest BCUT2D eigenvalue weighted by Crippen LogP contribution is -2.40. The normalized spacial score (nSPS) is 20.4. The van der Waals surface area contributed by atoms with Crippen LogP contribution in [0.4, 0.5) is 4.79 Å². The number of imide groups is 1. The van der Waals surface area contributed by atoms with Crippen molar-refractivity contribution in [2.75, 3.05) is 7.11 Å². The molecule has 1 fully saturated rings. The summed E-state index contributed by atoms with van der Waals surface area (Å²) in [7, 11) is 1.59. The number of ether oxygens (including phenoxy) is 1. The largest absolute Gasteiger partial charge is 0.496 e. The van der Waals surface area contributed by atoms with Gasteiger partial charge in [-0.2, -0.15) is 0 Å². The Morgan fingerprint density at radius 3 is 2.58 bits per heavy atom. The third kappa shape index (κ3) is 2.98. The van der Waals surface area contributed by atoms with Gasteiger partial charge in [0.2, 0.25) is 0 Å². The number of thiophene rings is 1. The summed E-state index contributed by atoms with van der Waals surface area (Å²) in [5.74, 6) is 0.443. The minimum absolute atomic E-state index is 0.204. The minimum Gasteiger partial charge on any atom is -0.496 e. The zero-order valence-electron chi connectivity index (χ0n) is 12.9. The molecule has 5 nitrogen and oxygen atoms in total. The summed E-state index contributed by atoms with van der Waals surface area (Å²) in [5, 5.41) is 2.81. The molecule has 8 heteroatoms. The monoisotopic (exact) mass is 472 g/mol. The molecule has 3 rings (SSSR count). The zero-order chi connectivity index (χ0) is 17.5. The van der Waals surface area contributed by atoms with Crippen molar-refractivity contribution in [2.45, 2.75) is 19.0 Å². The van der Waals surface area contributed by atoms with Gasteiger partial charge in [0, 0.05) is 4.88 Å². The summed E-state index contributed by atoms with van der Waals surface area (Å²) >= 11 is 8.24. The highest BCUT2D eigenvalue weighted by Gasteiger charge is 2.49. The highest BCUT2D eigenvalue weighted by Crippen LogP contribution is 2.36. The van der Waals surface area contributed by atoms with Crippen LogP contribution in [0.3, 0.4) is 0 Å². The first-order chi connectivity index (χ1) is 11.3. The van der Waals surface area contributed by atoms with E-state index in [1.54, 1.807) is 20.1 Å². The number of nitrogens with zero attached hydrogens (tertiary/aromatic N) is 1. The van der Waals surface area contributed by atoms with Crippen molar-refractivity contribution >= 4 is 55.1 Å². The molecule has 126 valence electrons. The molecule has 1 aliphatic heterocycles. The van der Waals surface area contributed by atoms with Crippen molar-refractivity contribution in [1.29, 1.82) is 0 Å². The standard InChI is InChI=1S/C16H14Br2N2O3S/c1-16(12-5-6-13(18)24-12)14(21)20(15(22)19-16)8-9-3-4-11(23-2)10(17)7-9/h3-7H,8H2,1-2H3,(H,19,22). The fraction of sp³-hybridized carbons (Fsp3) is 0.250. The Morgan fingerprint density at radius 2 is 2.00 bits per heavy atom. The number of hydrogen-bond donors (Lipinski definition) is 1. The molecule has 0 aliphatic carbocycles. The number of methoxy groups -OCH3 is 1. The van der Waals surface area contributed by atoms with Crippen LogP contribution in [-0.2, 0) is 16.9 Å². The number of amides is 3. The van der Waals surface area contributed by atoms with E-state index in [9.17, 15) is 9.59 Å². The van der Waals surface area contributed by atoms with Gasteiger partial charge in [-0.1, -0.05) is 6.07 Å². The first-order valence-corrected chi connectivity index (χ1v) is 9.48. The van der Waals surface area contributed by atoms with E-state index in [4.69, 9.17) is 4.74 Å². The van der Waals surface area contributed by atoms with Crippen LogP contribution in [0, 0.1) is 0 Å². The van der Waals surface area contributed by atoms with Gasteiger partial charge in [-0.25, -0.2) is 4.79 Å². The highest BCUT2D eigenvalue weighted by atomic mass is 79.9. The highest BCUT2D eigenvalue weighted by molar-refractivity contribution is 9.11. The smallest absolute Gasteiger partial charge is 0.325 e. The van der Waals surface area contributed by atoms with E-state index in [0.29, 0.717) is 5.75 Å². The maximum absolute atomic E-state index is 12.9. The van der Waals surface area contributed by atoms with Gasteiger partial charge in [0.1, 0.15) is 5.75 Å². The first-order valence-electron chi connectivity index (χ1n) is 7.07. The molecule has 2 aromatic rings. The maximum Gasteiger partial charge on any atom is 0.325 e. The molecule has 0 spiro atoms. The van der Waals surface area contributed by atoms with Gasteiger partial charge in [0.15, 0.2) is 5.54 Å². The average Bonchev–Trinajstić information content (AvgIpc) is 3.06. The van der Waals surface area contributed by atoms with Gasteiger partial charge in [0.05, 0.1) is 21.9 Å². The second-order valence-corrected chi connectivity index (χ2v) is 8.84. The fourth-order valence-corrected chi connectivity index (χ4v) is 4.65. The van der Waals surface area contributed by atoms with E-state index in [-0.39, 0.29) is 18.5 Å². The molecule has 1 aromatic heterocycles. The molecule has 2 heterocycles. The van der Waals surface area contributed by atoms with Gasteiger partial charge < -0.3 is 10.1 Å². The summed E-state index contributed by atoms with van der Waals surface area (Å²) in [6, 6.07) is 8.80. The quantitative estimate of drug-likeness (QED) is 0.675. The molecule has 1 atom stereocenters. The second-order valence-electron chi connectivity index (χ2n) is 5.52. The molecule has 0 bridgehead atoms. The molecule has 0 radical (unpaired) electrons. The van der Waals surface area contributed by atoms with E-state index in [0.717, 1.165) is 18.7 Å². The van der Waals surface area contributed by atoms with E-state index >= 15 is 0 Å². The van der Waals surface area contributed by atoms with Crippen LogP contribution in [0.15, 0.2) is 38.6 Å². The van der Waals surface area contributed by atoms with Crippen molar-refractivity contribution in [3.05, 3.63) is 49.0 Å². The number of hydrogen-bond acceptors (Lipinski definition) is 4. The molecule has 1 saturated heterocycles. The number of nitrogens with one attached hydrogen (secondary N) is 1. The Kier molecular flexibility index (Phi) is 4.72. The summed E-state index contributed by atoms with van der Waals surface area (Å²) in [6.45, 7) is 1.94. The number of urea groups is 1. The van der Waals surface area contributed by atoms with Crippen LogP contribution in [0.1, 0.15) is 17.4 Å². The topological polar surface area (TPSA) is 58.6 Å². The lowest BCUT2D eigenvalue weighted by atomic mass is 10.0. The number of carbonyl (C=O) groups excluding carboxylic acids is 2. The molecule has 1 aromatic carbocycles. The summed E-state index contributed by atoms with van der Waals surface area (Å²) in [4.78, 5) is 27.2. The van der Waals surface area contributed by atoms with Gasteiger partial charge in [-0.15, -0.1) is 11.3 Å². The van der Waals surface area contributed by atoms with Crippen LogP contribution < -0.4 is 10.1 Å². The van der Waals surface area contributed by atoms with Crippen LogP contribution in [0.25, 0.3) is 0 Å². The molecular weight excluding hydrogens is 460 g/mol. The molecule has 24 heavy (non-hydrogen) atoms. The number of halogens is 2. The third-order valence-corrected chi connectivity index (χ3v) is 6.36. The molecule has 1 unspecified atom stereocenters. The predicted octanol–water partition coefficient (Wildman–Crippen LogP) is 4.25. The van der Waals surface area contributed by atoms with E-state index in [2.05, 4.69) is 37.2 Å². The molecule has 3 amide bonds. The zero-order valence-corrected chi connectivity index (χ0v) is 16.9. The predicted molar refractivity (Wildman–Crippen MR) is 99.1 cm³/mol. The summed E-state index contributed by atoms with van der Waals surface area (Å²) in [6.07, 6.45) is 0. The van der Waals surface area contributed by atoms with Crippen LogP contribution in [-0.4, -0.2) is 23.9 Å². The minimum atomic E-state index is -1.03. The Hall–Kier alpha value is -1.38. The van der Waals surface area contributed by atoms with Gasteiger partial charge >= 0.3 is 6.03 Å². The Labute approximate surface area is 160 Å². The SMILES string of the molecule is COc1ccc(CN2C(=O)NC(C)(c3ccc(Br)s3)C2=O)cc1Br. The van der Waals surface area contributed by atoms with Crippen molar-refractivity contribution in [1.82, 2.24) is 10.2 Å². The number of rotatable bonds is 4. The molecule has 1 aliphatic rings. The molecule has 1 N–H and O–H groups in total. The lowest BCUT2D eigenvalue weighted by Gasteiger charge is -2.20. The Balaban J connectivity index is 1.86.